The van der Waals surface area contributed by atoms with Crippen molar-refractivity contribution >= 4 is 22.5 Å². The van der Waals surface area contributed by atoms with Gasteiger partial charge < -0.3 is 15.0 Å². The van der Waals surface area contributed by atoms with Crippen LogP contribution in [0.3, 0.4) is 0 Å². The summed E-state index contributed by atoms with van der Waals surface area (Å²) in [5.41, 5.74) is 2.18. The van der Waals surface area contributed by atoms with Crippen LogP contribution in [0.5, 0.6) is 5.75 Å². The number of aromatic amines is 1. The van der Waals surface area contributed by atoms with Crippen LogP contribution >= 0.6 is 0 Å². The number of hydrogen-bond donors (Lipinski definition) is 2. The average Bonchev–Trinajstić information content (AvgIpc) is 2.96. The van der Waals surface area contributed by atoms with Crippen LogP contribution in [0.4, 0.5) is 5.69 Å². The summed E-state index contributed by atoms with van der Waals surface area (Å²) < 4.78 is 5.21. The molecular formula is C16H14N2O2. The zero-order chi connectivity index (χ0) is 13.9. The number of methoxy groups -OCH3 is 1. The Labute approximate surface area is 116 Å². The molecule has 0 saturated carbocycles. The van der Waals surface area contributed by atoms with Crippen LogP contribution in [0.2, 0.25) is 0 Å². The number of para-hydroxylation sites is 2. The van der Waals surface area contributed by atoms with E-state index in [-0.39, 0.29) is 5.91 Å². The van der Waals surface area contributed by atoms with Gasteiger partial charge in [0.25, 0.3) is 5.91 Å². The molecule has 1 aromatic heterocycles. The van der Waals surface area contributed by atoms with Crippen molar-refractivity contribution in [2.24, 2.45) is 0 Å². The number of hydrogen-bond acceptors (Lipinski definition) is 2. The number of anilines is 1. The minimum Gasteiger partial charge on any atom is -0.496 e. The van der Waals surface area contributed by atoms with Crippen LogP contribution in [0.25, 0.3) is 10.9 Å². The fourth-order valence-corrected chi connectivity index (χ4v) is 2.21. The fraction of sp³-hybridized carbons (Fsp3) is 0.0625. The highest BCUT2D eigenvalue weighted by atomic mass is 16.5. The Morgan fingerprint density at radius 3 is 2.80 bits per heavy atom. The molecule has 2 aromatic carbocycles. The van der Waals surface area contributed by atoms with Crippen LogP contribution in [-0.4, -0.2) is 18.0 Å². The van der Waals surface area contributed by atoms with Crippen molar-refractivity contribution in [3.05, 3.63) is 60.3 Å². The van der Waals surface area contributed by atoms with Crippen molar-refractivity contribution in [3.63, 3.8) is 0 Å². The Bertz CT molecular complexity index is 762. The summed E-state index contributed by atoms with van der Waals surface area (Å²) in [6.45, 7) is 0. The summed E-state index contributed by atoms with van der Waals surface area (Å²) in [5.74, 6) is 0.369. The maximum Gasteiger partial charge on any atom is 0.259 e. The molecule has 0 spiro atoms. The van der Waals surface area contributed by atoms with E-state index in [0.717, 1.165) is 16.6 Å². The summed E-state index contributed by atoms with van der Waals surface area (Å²) in [5, 5.41) is 3.97. The molecular weight excluding hydrogens is 252 g/mol. The molecule has 20 heavy (non-hydrogen) atoms. The zero-order valence-electron chi connectivity index (χ0n) is 11.0. The summed E-state index contributed by atoms with van der Waals surface area (Å²) in [7, 11) is 1.55. The first-order valence-electron chi connectivity index (χ1n) is 6.30. The molecule has 4 heteroatoms. The topological polar surface area (TPSA) is 54.1 Å². The molecule has 0 radical (unpaired) electrons. The molecule has 3 aromatic rings. The lowest BCUT2D eigenvalue weighted by Crippen LogP contribution is -2.13. The number of fused-ring (bicyclic) bond motifs is 1. The van der Waals surface area contributed by atoms with Gasteiger partial charge in [-0.2, -0.15) is 0 Å². The number of nitrogens with one attached hydrogen (secondary N) is 2. The van der Waals surface area contributed by atoms with E-state index in [1.807, 2.05) is 42.6 Å². The zero-order valence-corrected chi connectivity index (χ0v) is 11.0. The Kier molecular flexibility index (Phi) is 3.13. The monoisotopic (exact) mass is 266 g/mol. The van der Waals surface area contributed by atoms with Gasteiger partial charge in [0.2, 0.25) is 0 Å². The Morgan fingerprint density at radius 1 is 1.10 bits per heavy atom. The van der Waals surface area contributed by atoms with E-state index in [9.17, 15) is 4.79 Å². The van der Waals surface area contributed by atoms with Gasteiger partial charge in [-0.3, -0.25) is 4.79 Å². The highest BCUT2D eigenvalue weighted by Crippen LogP contribution is 2.24. The van der Waals surface area contributed by atoms with Crippen LogP contribution < -0.4 is 10.1 Å². The van der Waals surface area contributed by atoms with Crippen molar-refractivity contribution in [2.75, 3.05) is 12.4 Å². The Morgan fingerprint density at radius 2 is 1.95 bits per heavy atom. The normalized spacial score (nSPS) is 10.4. The molecule has 3 rings (SSSR count). The Hall–Kier alpha value is -2.75. The molecule has 0 aliphatic heterocycles. The predicted octanol–water partition coefficient (Wildman–Crippen LogP) is 3.43. The van der Waals surface area contributed by atoms with Crippen molar-refractivity contribution in [1.82, 2.24) is 4.98 Å². The van der Waals surface area contributed by atoms with Gasteiger partial charge in [-0.25, -0.2) is 0 Å². The molecule has 0 fully saturated rings. The Balaban J connectivity index is 1.95. The van der Waals surface area contributed by atoms with Gasteiger partial charge in [-0.1, -0.05) is 24.3 Å². The second-order valence-electron chi connectivity index (χ2n) is 4.40. The number of H-pyrrole nitrogens is 1. The van der Waals surface area contributed by atoms with E-state index in [1.54, 1.807) is 19.2 Å². The highest BCUT2D eigenvalue weighted by Gasteiger charge is 2.13. The molecule has 0 unspecified atom stereocenters. The van der Waals surface area contributed by atoms with Gasteiger partial charge >= 0.3 is 0 Å². The van der Waals surface area contributed by atoms with Crippen molar-refractivity contribution in [2.45, 2.75) is 0 Å². The van der Waals surface area contributed by atoms with Gasteiger partial charge in [0, 0.05) is 11.6 Å². The fourth-order valence-electron chi connectivity index (χ4n) is 2.21. The third kappa shape index (κ3) is 2.12. The molecule has 0 aliphatic carbocycles. The van der Waals surface area contributed by atoms with E-state index in [4.69, 9.17) is 4.74 Å². The molecule has 4 nitrogen and oxygen atoms in total. The van der Waals surface area contributed by atoms with Gasteiger partial charge in [-0.15, -0.1) is 0 Å². The van der Waals surface area contributed by atoms with Gasteiger partial charge in [0.15, 0.2) is 0 Å². The number of aromatic nitrogens is 1. The number of carbonyl (C=O) groups excluding carboxylic acids is 1. The lowest BCUT2D eigenvalue weighted by Gasteiger charge is -2.09. The highest BCUT2D eigenvalue weighted by molar-refractivity contribution is 6.09. The quantitative estimate of drug-likeness (QED) is 0.763. The maximum absolute atomic E-state index is 12.4. The molecule has 1 amide bonds. The smallest absolute Gasteiger partial charge is 0.259 e. The molecule has 1 heterocycles. The SMILES string of the molecule is COc1ccccc1C(=O)Nc1cccc2cc[nH]c12. The van der Waals surface area contributed by atoms with E-state index < -0.39 is 0 Å². The standard InChI is InChI=1S/C16H14N2O2/c1-20-14-8-3-2-6-12(14)16(19)18-13-7-4-5-11-9-10-17-15(11)13/h2-10,17H,1H3,(H,18,19). The van der Waals surface area contributed by atoms with E-state index in [1.165, 1.54) is 0 Å². The van der Waals surface area contributed by atoms with Gasteiger partial charge in [0.05, 0.1) is 23.9 Å². The first-order chi connectivity index (χ1) is 9.79. The van der Waals surface area contributed by atoms with Crippen molar-refractivity contribution < 1.29 is 9.53 Å². The summed E-state index contributed by atoms with van der Waals surface area (Å²) in [6, 6.07) is 14.9. The molecule has 0 saturated heterocycles. The second kappa shape index (κ2) is 5.09. The summed E-state index contributed by atoms with van der Waals surface area (Å²) >= 11 is 0. The minimum absolute atomic E-state index is 0.190. The van der Waals surface area contributed by atoms with Crippen LogP contribution in [0, 0.1) is 0 Å². The van der Waals surface area contributed by atoms with Crippen molar-refractivity contribution in [1.29, 1.82) is 0 Å². The third-order valence-corrected chi connectivity index (χ3v) is 3.19. The lowest BCUT2D eigenvalue weighted by atomic mass is 10.1. The third-order valence-electron chi connectivity index (χ3n) is 3.19. The molecule has 100 valence electrons. The predicted molar refractivity (Wildman–Crippen MR) is 79.2 cm³/mol. The largest absolute Gasteiger partial charge is 0.496 e. The van der Waals surface area contributed by atoms with Crippen molar-refractivity contribution in [3.8, 4) is 5.75 Å². The van der Waals surface area contributed by atoms with Gasteiger partial charge in [0.1, 0.15) is 5.75 Å². The second-order valence-corrected chi connectivity index (χ2v) is 4.40. The number of amides is 1. The van der Waals surface area contributed by atoms with E-state index >= 15 is 0 Å². The average molecular weight is 266 g/mol. The number of ether oxygens (including phenoxy) is 1. The summed E-state index contributed by atoms with van der Waals surface area (Å²) in [6.07, 6.45) is 1.85. The molecule has 0 atom stereocenters. The van der Waals surface area contributed by atoms with Crippen LogP contribution in [0.15, 0.2) is 54.7 Å². The van der Waals surface area contributed by atoms with E-state index in [0.29, 0.717) is 11.3 Å². The summed E-state index contributed by atoms with van der Waals surface area (Å²) in [4.78, 5) is 15.5. The lowest BCUT2D eigenvalue weighted by molar-refractivity contribution is 0.102. The van der Waals surface area contributed by atoms with Crippen LogP contribution in [-0.2, 0) is 0 Å². The molecule has 2 N–H and O–H groups in total. The van der Waals surface area contributed by atoms with E-state index in [2.05, 4.69) is 10.3 Å². The first kappa shape index (κ1) is 12.3. The first-order valence-corrected chi connectivity index (χ1v) is 6.30. The van der Waals surface area contributed by atoms with Crippen LogP contribution in [0.1, 0.15) is 10.4 Å². The number of benzene rings is 2. The minimum atomic E-state index is -0.190. The number of carbonyl (C=O) groups is 1. The maximum atomic E-state index is 12.4. The molecule has 0 bridgehead atoms. The number of rotatable bonds is 3. The molecule has 0 aliphatic rings. The van der Waals surface area contributed by atoms with Gasteiger partial charge in [-0.05, 0) is 24.3 Å².